The van der Waals surface area contributed by atoms with E-state index in [9.17, 15) is 32.3 Å². The lowest BCUT2D eigenvalue weighted by atomic mass is 9.96. The van der Waals surface area contributed by atoms with Gasteiger partial charge < -0.3 is 26.0 Å². The molecular weight excluding hydrogens is 421 g/mol. The number of rotatable bonds is 7. The standard InChI is InChI=1S/C19H27F3N4O5/c20-19(21,22)18(31)25-14(10-16(28)29)24-17(30)13-2-1-9-26(11-13)15(27)4-3-12-5-7-23-8-6-12/h3-4,12-14,23H,1-2,5-11H2,(H,24,30)(H,25,31)(H,28,29)/b4-3+/t13-,14+/m1/s1. The molecule has 0 radical (unpaired) electrons. The number of hydrogen-bond acceptors (Lipinski definition) is 5. The molecule has 0 bridgehead atoms. The van der Waals surface area contributed by atoms with Crippen LogP contribution >= 0.6 is 0 Å². The van der Waals surface area contributed by atoms with Gasteiger partial charge in [-0.1, -0.05) is 6.08 Å². The zero-order valence-electron chi connectivity index (χ0n) is 16.9. The Morgan fingerprint density at radius 2 is 1.81 bits per heavy atom. The van der Waals surface area contributed by atoms with Crippen LogP contribution in [0, 0.1) is 11.8 Å². The topological polar surface area (TPSA) is 128 Å². The molecule has 2 aliphatic heterocycles. The van der Waals surface area contributed by atoms with Crippen LogP contribution in [-0.2, 0) is 19.2 Å². The molecule has 9 nitrogen and oxygen atoms in total. The summed E-state index contributed by atoms with van der Waals surface area (Å²) in [5.41, 5.74) is 0. The van der Waals surface area contributed by atoms with Crippen LogP contribution in [0.1, 0.15) is 32.1 Å². The van der Waals surface area contributed by atoms with Crippen molar-refractivity contribution < 1.29 is 37.5 Å². The van der Waals surface area contributed by atoms with E-state index in [1.807, 2.05) is 6.08 Å². The van der Waals surface area contributed by atoms with E-state index in [1.54, 1.807) is 0 Å². The fourth-order valence-electron chi connectivity index (χ4n) is 3.59. The number of halogens is 3. The van der Waals surface area contributed by atoms with E-state index in [1.165, 1.54) is 16.3 Å². The van der Waals surface area contributed by atoms with Crippen LogP contribution in [0.15, 0.2) is 12.2 Å². The summed E-state index contributed by atoms with van der Waals surface area (Å²) >= 11 is 0. The predicted molar refractivity (Wildman–Crippen MR) is 102 cm³/mol. The number of carbonyl (C=O) groups excluding carboxylic acids is 3. The van der Waals surface area contributed by atoms with Gasteiger partial charge in [-0.3, -0.25) is 19.2 Å². The Bertz CT molecular complexity index is 707. The van der Waals surface area contributed by atoms with Gasteiger partial charge in [-0.25, -0.2) is 0 Å². The molecule has 0 aliphatic carbocycles. The third-order valence-corrected chi connectivity index (χ3v) is 5.26. The molecule has 12 heteroatoms. The summed E-state index contributed by atoms with van der Waals surface area (Å²) in [6.07, 6.45) is -1.71. The van der Waals surface area contributed by atoms with Gasteiger partial charge in [0.2, 0.25) is 11.8 Å². The number of carboxylic acid groups (broad SMARTS) is 1. The molecule has 2 atom stereocenters. The first-order valence-corrected chi connectivity index (χ1v) is 10.1. The van der Waals surface area contributed by atoms with Crippen molar-refractivity contribution in [1.29, 1.82) is 0 Å². The number of aliphatic carboxylic acids is 1. The molecule has 2 aliphatic rings. The molecule has 0 aromatic heterocycles. The van der Waals surface area contributed by atoms with Crippen molar-refractivity contribution in [2.45, 2.75) is 44.4 Å². The minimum atomic E-state index is -5.21. The summed E-state index contributed by atoms with van der Waals surface area (Å²) in [6, 6.07) is 0. The summed E-state index contributed by atoms with van der Waals surface area (Å²) in [4.78, 5) is 48.5. The highest BCUT2D eigenvalue weighted by atomic mass is 19.4. The Hall–Kier alpha value is -2.63. The van der Waals surface area contributed by atoms with E-state index in [-0.39, 0.29) is 12.5 Å². The smallest absolute Gasteiger partial charge is 0.471 e. The Morgan fingerprint density at radius 1 is 1.13 bits per heavy atom. The van der Waals surface area contributed by atoms with E-state index in [0.29, 0.717) is 25.3 Å². The third kappa shape index (κ3) is 8.19. The molecule has 4 N–H and O–H groups in total. The molecule has 0 aromatic carbocycles. The van der Waals surface area contributed by atoms with Gasteiger partial charge in [-0.05, 0) is 50.8 Å². The zero-order chi connectivity index (χ0) is 23.0. The van der Waals surface area contributed by atoms with Crippen LogP contribution < -0.4 is 16.0 Å². The molecule has 2 rings (SSSR count). The lowest BCUT2D eigenvalue weighted by molar-refractivity contribution is -0.175. The van der Waals surface area contributed by atoms with Crippen molar-refractivity contribution in [3.63, 3.8) is 0 Å². The van der Waals surface area contributed by atoms with E-state index in [4.69, 9.17) is 5.11 Å². The van der Waals surface area contributed by atoms with Gasteiger partial charge in [0.15, 0.2) is 0 Å². The Labute approximate surface area is 177 Å². The van der Waals surface area contributed by atoms with Gasteiger partial charge in [-0.2, -0.15) is 13.2 Å². The van der Waals surface area contributed by atoms with Gasteiger partial charge in [0.25, 0.3) is 0 Å². The number of allylic oxidation sites excluding steroid dienone is 1. The van der Waals surface area contributed by atoms with Crippen molar-refractivity contribution in [3.05, 3.63) is 12.2 Å². The van der Waals surface area contributed by atoms with Crippen molar-refractivity contribution in [2.75, 3.05) is 26.2 Å². The fraction of sp³-hybridized carbons (Fsp3) is 0.684. The molecular formula is C19H27F3N4O5. The lowest BCUT2D eigenvalue weighted by Crippen LogP contribution is -2.55. The van der Waals surface area contributed by atoms with Crippen LogP contribution in [0.3, 0.4) is 0 Å². The van der Waals surface area contributed by atoms with Crippen LogP contribution in [-0.4, -0.2) is 72.2 Å². The summed E-state index contributed by atoms with van der Waals surface area (Å²) < 4.78 is 37.4. The van der Waals surface area contributed by atoms with Gasteiger partial charge >= 0.3 is 18.1 Å². The monoisotopic (exact) mass is 448 g/mol. The molecule has 174 valence electrons. The van der Waals surface area contributed by atoms with Crippen molar-refractivity contribution in [2.24, 2.45) is 11.8 Å². The SMILES string of the molecule is O=C(O)C[C@@H](NC(=O)[C@@H]1CCCN(C(=O)/C=C/C2CCNCC2)C1)NC(=O)C(F)(F)F. The highest BCUT2D eigenvalue weighted by molar-refractivity contribution is 5.89. The summed E-state index contributed by atoms with van der Waals surface area (Å²) in [5.74, 6) is -5.21. The molecule has 2 heterocycles. The van der Waals surface area contributed by atoms with Crippen molar-refractivity contribution in [1.82, 2.24) is 20.9 Å². The number of carbonyl (C=O) groups is 4. The number of likely N-dealkylation sites (tertiary alicyclic amines) is 1. The minimum absolute atomic E-state index is 0.0637. The van der Waals surface area contributed by atoms with Gasteiger partial charge in [-0.15, -0.1) is 0 Å². The number of amides is 3. The van der Waals surface area contributed by atoms with E-state index in [2.05, 4.69) is 10.6 Å². The molecule has 0 aromatic rings. The molecule has 2 saturated heterocycles. The van der Waals surface area contributed by atoms with E-state index < -0.39 is 42.5 Å². The molecule has 0 spiro atoms. The number of nitrogens with zero attached hydrogens (tertiary/aromatic N) is 1. The second-order valence-electron chi connectivity index (χ2n) is 7.70. The van der Waals surface area contributed by atoms with E-state index in [0.717, 1.165) is 25.9 Å². The zero-order valence-corrected chi connectivity index (χ0v) is 16.9. The maximum absolute atomic E-state index is 12.5. The van der Waals surface area contributed by atoms with Crippen LogP contribution in [0.5, 0.6) is 0 Å². The number of hydrogen-bond donors (Lipinski definition) is 4. The Kier molecular flexibility index (Phi) is 8.84. The number of piperidine rings is 2. The molecule has 31 heavy (non-hydrogen) atoms. The van der Waals surface area contributed by atoms with Crippen LogP contribution in [0.2, 0.25) is 0 Å². The van der Waals surface area contributed by atoms with Crippen molar-refractivity contribution in [3.8, 4) is 0 Å². The third-order valence-electron chi connectivity index (χ3n) is 5.26. The normalized spacial score (nSPS) is 21.5. The summed E-state index contributed by atoms with van der Waals surface area (Å²) in [5, 5.41) is 15.7. The lowest BCUT2D eigenvalue weighted by Gasteiger charge is -2.32. The van der Waals surface area contributed by atoms with Gasteiger partial charge in [0.05, 0.1) is 12.3 Å². The van der Waals surface area contributed by atoms with Crippen LogP contribution in [0.25, 0.3) is 0 Å². The van der Waals surface area contributed by atoms with Crippen LogP contribution in [0.4, 0.5) is 13.2 Å². The summed E-state index contributed by atoms with van der Waals surface area (Å²) in [6.45, 7) is 2.28. The molecule has 3 amide bonds. The van der Waals surface area contributed by atoms with E-state index >= 15 is 0 Å². The Morgan fingerprint density at radius 3 is 2.42 bits per heavy atom. The minimum Gasteiger partial charge on any atom is -0.481 e. The van der Waals surface area contributed by atoms with Gasteiger partial charge in [0, 0.05) is 13.1 Å². The Balaban J connectivity index is 1.93. The van der Waals surface area contributed by atoms with Crippen molar-refractivity contribution >= 4 is 23.7 Å². The maximum Gasteiger partial charge on any atom is 0.471 e. The van der Waals surface area contributed by atoms with Gasteiger partial charge in [0.1, 0.15) is 6.17 Å². The largest absolute Gasteiger partial charge is 0.481 e. The molecule has 0 unspecified atom stereocenters. The second kappa shape index (κ2) is 11.1. The highest BCUT2D eigenvalue weighted by Crippen LogP contribution is 2.19. The average molecular weight is 448 g/mol. The highest BCUT2D eigenvalue weighted by Gasteiger charge is 2.40. The average Bonchev–Trinajstić information content (AvgIpc) is 2.71. The second-order valence-corrected chi connectivity index (χ2v) is 7.70. The first kappa shape index (κ1) is 24.6. The first-order valence-electron chi connectivity index (χ1n) is 10.1. The first-order chi connectivity index (χ1) is 14.6. The maximum atomic E-state index is 12.5. The number of nitrogens with one attached hydrogen (secondary N) is 3. The number of alkyl halides is 3. The summed E-state index contributed by atoms with van der Waals surface area (Å²) in [7, 11) is 0. The number of carboxylic acids is 1. The molecule has 2 fully saturated rings. The quantitative estimate of drug-likeness (QED) is 0.329. The molecule has 0 saturated carbocycles. The predicted octanol–water partition coefficient (Wildman–Crippen LogP) is 0.376. The fourth-order valence-corrected chi connectivity index (χ4v) is 3.59.